The minimum absolute atomic E-state index is 0.00218. The van der Waals surface area contributed by atoms with E-state index in [4.69, 9.17) is 18.9 Å². The highest BCUT2D eigenvalue weighted by atomic mass is 16.7. The Kier molecular flexibility index (Phi) is 6.73. The fourth-order valence-electron chi connectivity index (χ4n) is 2.93. The van der Waals surface area contributed by atoms with Crippen molar-refractivity contribution in [3.8, 4) is 5.75 Å². The largest absolute Gasteiger partial charge is 0.463 e. The first-order chi connectivity index (χ1) is 12.7. The summed E-state index contributed by atoms with van der Waals surface area (Å²) < 4.78 is 22.0. The van der Waals surface area contributed by atoms with Gasteiger partial charge in [0.1, 0.15) is 6.61 Å². The summed E-state index contributed by atoms with van der Waals surface area (Å²) in [5.74, 6) is -1.28. The fraction of sp³-hybridized carbons (Fsp3) is 0.556. The second kappa shape index (κ2) is 8.81. The van der Waals surface area contributed by atoms with Crippen LogP contribution in [-0.4, -0.2) is 42.0 Å². The highest BCUT2D eigenvalue weighted by molar-refractivity contribution is 5.66. The monoisotopic (exact) mass is 381 g/mol. The van der Waals surface area contributed by atoms with Crippen molar-refractivity contribution in [2.24, 2.45) is 11.8 Å². The molecule has 27 heavy (non-hydrogen) atoms. The van der Waals surface area contributed by atoms with Gasteiger partial charge in [-0.2, -0.15) is 0 Å². The molecule has 0 spiro atoms. The van der Waals surface area contributed by atoms with Gasteiger partial charge in [0.15, 0.2) is 11.9 Å². The van der Waals surface area contributed by atoms with Gasteiger partial charge in [-0.05, 0) is 12.0 Å². The third-order valence-electron chi connectivity index (χ3n) is 4.57. The number of rotatable bonds is 6. The van der Waals surface area contributed by atoms with Gasteiger partial charge < -0.3 is 18.9 Å². The molecule has 0 N–H and O–H groups in total. The van der Waals surface area contributed by atoms with Crippen LogP contribution in [0.3, 0.4) is 0 Å². The number of benzene rings is 1. The molecule has 1 heterocycles. The first-order valence-corrected chi connectivity index (χ1v) is 8.56. The molecular formula is C18H23NO8. The molecule has 1 aliphatic heterocycles. The van der Waals surface area contributed by atoms with Gasteiger partial charge in [-0.3, -0.25) is 19.7 Å². The van der Waals surface area contributed by atoms with Gasteiger partial charge in [0.2, 0.25) is 6.29 Å². The van der Waals surface area contributed by atoms with Gasteiger partial charge in [0.05, 0.1) is 11.0 Å². The summed E-state index contributed by atoms with van der Waals surface area (Å²) in [5, 5.41) is 11.2. The molecule has 1 aliphatic rings. The molecule has 1 fully saturated rings. The summed E-state index contributed by atoms with van der Waals surface area (Å²) in [6.07, 6.45) is -2.36. The SMILES string of the molecule is CC(=O)OC[C@H]1OC(Oc2ccccc2[N+](=O)[O-])[C@H](OC(C)=O)[C@@H](C)[C@@H]1C. The van der Waals surface area contributed by atoms with E-state index in [1.165, 1.54) is 32.0 Å². The highest BCUT2D eigenvalue weighted by Crippen LogP contribution is 2.36. The van der Waals surface area contributed by atoms with Crippen molar-refractivity contribution in [3.63, 3.8) is 0 Å². The van der Waals surface area contributed by atoms with Gasteiger partial charge in [0.25, 0.3) is 0 Å². The van der Waals surface area contributed by atoms with Crippen molar-refractivity contribution in [3.05, 3.63) is 34.4 Å². The first kappa shape index (κ1) is 20.6. The van der Waals surface area contributed by atoms with E-state index >= 15 is 0 Å². The third kappa shape index (κ3) is 5.16. The molecule has 5 atom stereocenters. The Labute approximate surface area is 156 Å². The summed E-state index contributed by atoms with van der Waals surface area (Å²) in [7, 11) is 0. The lowest BCUT2D eigenvalue weighted by Crippen LogP contribution is -2.54. The molecule has 1 aromatic rings. The van der Waals surface area contributed by atoms with Crippen LogP contribution in [0.4, 0.5) is 5.69 Å². The number of nitro groups is 1. The molecule has 0 bridgehead atoms. The summed E-state index contributed by atoms with van der Waals surface area (Å²) in [6.45, 7) is 6.31. The van der Waals surface area contributed by atoms with Crippen LogP contribution in [0.1, 0.15) is 27.7 Å². The number of carbonyl (C=O) groups excluding carboxylic acids is 2. The van der Waals surface area contributed by atoms with E-state index in [9.17, 15) is 19.7 Å². The predicted octanol–water partition coefficient (Wildman–Crippen LogP) is 2.47. The number of carbonyl (C=O) groups is 2. The molecular weight excluding hydrogens is 358 g/mol. The maximum Gasteiger partial charge on any atom is 0.311 e. The van der Waals surface area contributed by atoms with Crippen molar-refractivity contribution in [2.75, 3.05) is 6.61 Å². The smallest absolute Gasteiger partial charge is 0.311 e. The van der Waals surface area contributed by atoms with E-state index in [0.717, 1.165) is 0 Å². The van der Waals surface area contributed by atoms with Gasteiger partial charge in [0, 0.05) is 25.8 Å². The molecule has 0 aliphatic carbocycles. The van der Waals surface area contributed by atoms with Crippen molar-refractivity contribution >= 4 is 17.6 Å². The van der Waals surface area contributed by atoms with Gasteiger partial charge >= 0.3 is 17.6 Å². The molecule has 2 rings (SSSR count). The molecule has 9 heteroatoms. The number of nitrogens with zero attached hydrogens (tertiary/aromatic N) is 1. The first-order valence-electron chi connectivity index (χ1n) is 8.56. The number of hydrogen-bond donors (Lipinski definition) is 0. The lowest BCUT2D eigenvalue weighted by Gasteiger charge is -2.43. The number of ether oxygens (including phenoxy) is 4. The zero-order chi connectivity index (χ0) is 20.1. The van der Waals surface area contributed by atoms with Crippen molar-refractivity contribution in [1.29, 1.82) is 0 Å². The van der Waals surface area contributed by atoms with Gasteiger partial charge in [-0.1, -0.05) is 26.0 Å². The average Bonchev–Trinajstić information content (AvgIpc) is 2.60. The zero-order valence-electron chi connectivity index (χ0n) is 15.6. The molecule has 1 saturated heterocycles. The minimum Gasteiger partial charge on any atom is -0.463 e. The quantitative estimate of drug-likeness (QED) is 0.419. The Bertz CT molecular complexity index is 704. The van der Waals surface area contributed by atoms with Crippen LogP contribution >= 0.6 is 0 Å². The van der Waals surface area contributed by atoms with Crippen LogP contribution in [0.25, 0.3) is 0 Å². The summed E-state index contributed by atoms with van der Waals surface area (Å²) in [6, 6.07) is 5.86. The predicted molar refractivity (Wildman–Crippen MR) is 92.9 cm³/mol. The van der Waals surface area contributed by atoms with E-state index in [-0.39, 0.29) is 29.9 Å². The third-order valence-corrected chi connectivity index (χ3v) is 4.57. The van der Waals surface area contributed by atoms with Crippen LogP contribution in [0.15, 0.2) is 24.3 Å². The Hall–Kier alpha value is -2.68. The Morgan fingerprint density at radius 2 is 1.81 bits per heavy atom. The van der Waals surface area contributed by atoms with Crippen LogP contribution in [-0.2, 0) is 23.8 Å². The molecule has 1 unspecified atom stereocenters. The molecule has 0 amide bonds. The second-order valence-electron chi connectivity index (χ2n) is 6.48. The molecule has 0 aromatic heterocycles. The Balaban J connectivity index is 2.28. The standard InChI is InChI=1S/C18H23NO8/c1-10-11(2)17(25-13(4)21)18(27-16(10)9-24-12(3)20)26-15-8-6-5-7-14(15)19(22)23/h5-8,10-11,16-18H,9H2,1-4H3/t10-,11-,16+,17+,18?/m0/s1. The van der Waals surface area contributed by atoms with E-state index < -0.39 is 35.4 Å². The van der Waals surface area contributed by atoms with Crippen molar-refractivity contribution in [2.45, 2.75) is 46.2 Å². The topological polar surface area (TPSA) is 114 Å². The van der Waals surface area contributed by atoms with Gasteiger partial charge in [-0.15, -0.1) is 0 Å². The Morgan fingerprint density at radius 1 is 1.15 bits per heavy atom. The maximum atomic E-state index is 11.5. The molecule has 0 radical (unpaired) electrons. The highest BCUT2D eigenvalue weighted by Gasteiger charge is 2.45. The van der Waals surface area contributed by atoms with E-state index in [1.54, 1.807) is 6.07 Å². The molecule has 0 saturated carbocycles. The van der Waals surface area contributed by atoms with Crippen LogP contribution in [0, 0.1) is 22.0 Å². The summed E-state index contributed by atoms with van der Waals surface area (Å²) >= 11 is 0. The van der Waals surface area contributed by atoms with E-state index in [1.807, 2.05) is 13.8 Å². The Morgan fingerprint density at radius 3 is 2.41 bits per heavy atom. The average molecular weight is 381 g/mol. The van der Waals surface area contributed by atoms with Crippen LogP contribution in [0.2, 0.25) is 0 Å². The number of nitro benzene ring substituents is 1. The normalized spacial score (nSPS) is 27.5. The maximum absolute atomic E-state index is 11.5. The second-order valence-corrected chi connectivity index (χ2v) is 6.48. The summed E-state index contributed by atoms with van der Waals surface area (Å²) in [5.41, 5.74) is -0.231. The van der Waals surface area contributed by atoms with E-state index in [2.05, 4.69) is 0 Å². The number of hydrogen-bond acceptors (Lipinski definition) is 8. The summed E-state index contributed by atoms with van der Waals surface area (Å²) in [4.78, 5) is 33.3. The molecule has 148 valence electrons. The van der Waals surface area contributed by atoms with Crippen LogP contribution < -0.4 is 4.74 Å². The lowest BCUT2D eigenvalue weighted by atomic mass is 9.83. The van der Waals surface area contributed by atoms with E-state index in [0.29, 0.717) is 0 Å². The lowest BCUT2D eigenvalue weighted by molar-refractivity contribution is -0.387. The van der Waals surface area contributed by atoms with Crippen molar-refractivity contribution in [1.82, 2.24) is 0 Å². The molecule has 9 nitrogen and oxygen atoms in total. The number of para-hydroxylation sites is 2. The number of esters is 2. The van der Waals surface area contributed by atoms with Gasteiger partial charge in [-0.25, -0.2) is 0 Å². The zero-order valence-corrected chi connectivity index (χ0v) is 15.6. The minimum atomic E-state index is -1.08. The van der Waals surface area contributed by atoms with Crippen LogP contribution in [0.5, 0.6) is 5.75 Å². The fourth-order valence-corrected chi connectivity index (χ4v) is 2.93. The molecule has 1 aromatic carbocycles. The van der Waals surface area contributed by atoms with Crippen molar-refractivity contribution < 1.29 is 33.5 Å².